The van der Waals surface area contributed by atoms with Crippen LogP contribution >= 0.6 is 23.1 Å². The lowest BCUT2D eigenvalue weighted by molar-refractivity contribution is -0.115. The number of hydrogen-bond donors (Lipinski definition) is 2. The molecule has 0 unspecified atom stereocenters. The monoisotopic (exact) mass is 599 g/mol. The average Bonchev–Trinajstić information content (AvgIpc) is 3.54. The fourth-order valence-electron chi connectivity index (χ4n) is 4.58. The second kappa shape index (κ2) is 14.5. The highest BCUT2D eigenvalue weighted by atomic mass is 32.2. The van der Waals surface area contributed by atoms with Crippen LogP contribution in [0.4, 0.5) is 5.00 Å². The quantitative estimate of drug-likeness (QED) is 0.202. The Morgan fingerprint density at radius 1 is 1.12 bits per heavy atom. The molecule has 1 aromatic carbocycles. The lowest BCUT2D eigenvalue weighted by Crippen LogP contribution is -2.25. The molecule has 0 spiro atoms. The van der Waals surface area contributed by atoms with E-state index in [0.717, 1.165) is 49.0 Å². The van der Waals surface area contributed by atoms with Gasteiger partial charge in [-0.05, 0) is 75.8 Å². The summed E-state index contributed by atoms with van der Waals surface area (Å²) in [5.74, 6) is 0.458. The summed E-state index contributed by atoms with van der Waals surface area (Å²) in [7, 11) is 1.58. The fraction of sp³-hybridized carbons (Fsp3) is 0.483. The maximum absolute atomic E-state index is 13.3. The van der Waals surface area contributed by atoms with Crippen LogP contribution in [-0.4, -0.2) is 51.5 Å². The van der Waals surface area contributed by atoms with Crippen LogP contribution in [-0.2, 0) is 35.5 Å². The third kappa shape index (κ3) is 7.48. The van der Waals surface area contributed by atoms with Gasteiger partial charge in [0.15, 0.2) is 11.0 Å². The second-order valence-electron chi connectivity index (χ2n) is 9.70. The van der Waals surface area contributed by atoms with Crippen LogP contribution in [0.15, 0.2) is 29.4 Å². The summed E-state index contributed by atoms with van der Waals surface area (Å²) >= 11 is 2.78. The van der Waals surface area contributed by atoms with Crippen LogP contribution in [0.1, 0.15) is 83.4 Å². The molecular weight excluding hydrogens is 562 g/mol. The maximum Gasteiger partial charge on any atom is 0.341 e. The molecule has 2 aromatic heterocycles. The second-order valence-corrected chi connectivity index (χ2v) is 12.1. The van der Waals surface area contributed by atoms with Gasteiger partial charge in [0.2, 0.25) is 5.91 Å². The summed E-state index contributed by atoms with van der Waals surface area (Å²) in [6, 6.07) is 6.88. The summed E-state index contributed by atoms with van der Waals surface area (Å²) in [6.07, 6.45) is 5.69. The molecule has 0 aliphatic heterocycles. The zero-order valence-electron chi connectivity index (χ0n) is 24.0. The minimum atomic E-state index is -0.504. The molecule has 12 heteroatoms. The van der Waals surface area contributed by atoms with Gasteiger partial charge in [0.25, 0.3) is 5.91 Å². The van der Waals surface area contributed by atoms with E-state index in [-0.39, 0.29) is 30.9 Å². The zero-order chi connectivity index (χ0) is 29.4. The molecule has 1 atom stereocenters. The number of amides is 2. The minimum Gasteiger partial charge on any atom is -0.497 e. The van der Waals surface area contributed by atoms with Crippen molar-refractivity contribution in [3.63, 3.8) is 0 Å². The van der Waals surface area contributed by atoms with Gasteiger partial charge in [-0.3, -0.25) is 9.59 Å². The Morgan fingerprint density at radius 2 is 1.88 bits per heavy atom. The highest BCUT2D eigenvalue weighted by Gasteiger charge is 2.29. The van der Waals surface area contributed by atoms with Crippen LogP contribution in [0.2, 0.25) is 0 Å². The molecule has 1 aliphatic rings. The molecule has 2 heterocycles. The molecule has 0 fully saturated rings. The van der Waals surface area contributed by atoms with Gasteiger partial charge in [0.05, 0.1) is 31.1 Å². The molecule has 0 saturated carbocycles. The summed E-state index contributed by atoms with van der Waals surface area (Å²) in [5.41, 5.74) is 2.02. The van der Waals surface area contributed by atoms with E-state index < -0.39 is 5.25 Å². The van der Waals surface area contributed by atoms with E-state index in [1.165, 1.54) is 23.1 Å². The van der Waals surface area contributed by atoms with Crippen molar-refractivity contribution >= 4 is 45.9 Å². The van der Waals surface area contributed by atoms with E-state index in [9.17, 15) is 14.4 Å². The number of fused-ring (bicyclic) bond motifs is 1. The Bertz CT molecular complexity index is 1370. The van der Waals surface area contributed by atoms with Gasteiger partial charge in [-0.25, -0.2) is 4.79 Å². The number of aryl methyl sites for hydroxylation is 1. The van der Waals surface area contributed by atoms with E-state index in [1.54, 1.807) is 38.3 Å². The number of methoxy groups -OCH3 is 1. The van der Waals surface area contributed by atoms with Crippen LogP contribution in [0.3, 0.4) is 0 Å². The van der Waals surface area contributed by atoms with Crippen molar-refractivity contribution < 1.29 is 23.9 Å². The Balaban J connectivity index is 1.45. The number of ether oxygens (including phenoxy) is 2. The van der Waals surface area contributed by atoms with Crippen molar-refractivity contribution in [3.8, 4) is 5.75 Å². The molecule has 0 bridgehead atoms. The largest absolute Gasteiger partial charge is 0.497 e. The molecule has 0 radical (unpaired) electrons. The number of hydrogen-bond acceptors (Lipinski definition) is 9. The summed E-state index contributed by atoms with van der Waals surface area (Å²) < 4.78 is 12.4. The van der Waals surface area contributed by atoms with Crippen molar-refractivity contribution in [3.05, 3.63) is 51.7 Å². The molecule has 4 rings (SSSR count). The van der Waals surface area contributed by atoms with Crippen LogP contribution in [0.5, 0.6) is 5.75 Å². The molecule has 3 aromatic rings. The predicted octanol–water partition coefficient (Wildman–Crippen LogP) is 5.25. The van der Waals surface area contributed by atoms with Gasteiger partial charge in [-0.15, -0.1) is 21.5 Å². The van der Waals surface area contributed by atoms with Crippen molar-refractivity contribution in [2.24, 2.45) is 0 Å². The van der Waals surface area contributed by atoms with Crippen LogP contribution in [0.25, 0.3) is 0 Å². The standard InChI is InChI=1S/C29H37N5O5S2/c1-5-7-16-34-23(17-30-26(36)19-12-14-20(38-4)15-13-19)32-33-29(34)40-18(3)25(35)31-27-24(28(37)39-6-2)21-10-8-9-11-22(21)41-27/h12-15,18H,5-11,16-17H2,1-4H3,(H,30,36)(H,31,35)/t18-/m1/s1. The molecule has 41 heavy (non-hydrogen) atoms. The van der Waals surface area contributed by atoms with Gasteiger partial charge < -0.3 is 24.7 Å². The number of aromatic nitrogens is 3. The Kier molecular flexibility index (Phi) is 10.8. The first-order valence-electron chi connectivity index (χ1n) is 14.0. The van der Waals surface area contributed by atoms with E-state index >= 15 is 0 Å². The minimum absolute atomic E-state index is 0.201. The Labute approximate surface area is 248 Å². The number of thiophene rings is 1. The number of thioether (sulfide) groups is 1. The van der Waals surface area contributed by atoms with Crippen LogP contribution in [0, 0.1) is 0 Å². The van der Waals surface area contributed by atoms with Gasteiger partial charge >= 0.3 is 5.97 Å². The average molecular weight is 600 g/mol. The molecule has 10 nitrogen and oxygen atoms in total. The maximum atomic E-state index is 13.3. The summed E-state index contributed by atoms with van der Waals surface area (Å²) in [4.78, 5) is 39.9. The van der Waals surface area contributed by atoms with Crippen molar-refractivity contribution in [1.82, 2.24) is 20.1 Å². The molecule has 1 aliphatic carbocycles. The normalized spacial score (nSPS) is 13.3. The third-order valence-electron chi connectivity index (χ3n) is 6.83. The number of unbranched alkanes of at least 4 members (excludes halogenated alkanes) is 1. The first-order chi connectivity index (χ1) is 19.9. The Hall–Kier alpha value is -3.38. The lowest BCUT2D eigenvalue weighted by Gasteiger charge is -2.14. The molecule has 220 valence electrons. The number of esters is 1. The molecule has 0 saturated heterocycles. The number of anilines is 1. The first-order valence-corrected chi connectivity index (χ1v) is 15.7. The molecule has 2 amide bonds. The Morgan fingerprint density at radius 3 is 2.59 bits per heavy atom. The first kappa shape index (κ1) is 30.6. The summed E-state index contributed by atoms with van der Waals surface area (Å²) in [5, 5.41) is 15.2. The van der Waals surface area contributed by atoms with E-state index in [2.05, 4.69) is 27.8 Å². The number of carbonyl (C=O) groups excluding carboxylic acids is 3. The number of nitrogens with zero attached hydrogens (tertiary/aromatic N) is 3. The van der Waals surface area contributed by atoms with Crippen molar-refractivity contribution in [2.75, 3.05) is 19.0 Å². The highest BCUT2D eigenvalue weighted by molar-refractivity contribution is 8.00. The smallest absolute Gasteiger partial charge is 0.341 e. The van der Waals surface area contributed by atoms with Gasteiger partial charge in [0, 0.05) is 17.0 Å². The van der Waals surface area contributed by atoms with Gasteiger partial charge in [-0.1, -0.05) is 25.1 Å². The van der Waals surface area contributed by atoms with Crippen molar-refractivity contribution in [1.29, 1.82) is 0 Å². The fourth-order valence-corrected chi connectivity index (χ4v) is 6.75. The number of benzene rings is 1. The van der Waals surface area contributed by atoms with Crippen LogP contribution < -0.4 is 15.4 Å². The van der Waals surface area contributed by atoms with E-state index in [1.807, 2.05) is 11.5 Å². The van der Waals surface area contributed by atoms with E-state index in [4.69, 9.17) is 9.47 Å². The van der Waals surface area contributed by atoms with Crippen molar-refractivity contribution in [2.45, 2.75) is 82.8 Å². The SMILES string of the molecule is CCCCn1c(CNC(=O)c2ccc(OC)cc2)nnc1S[C@H](C)C(=O)Nc1sc2c(c1C(=O)OCC)CCCC2. The summed E-state index contributed by atoms with van der Waals surface area (Å²) in [6.45, 7) is 6.83. The molecular formula is C29H37N5O5S2. The predicted molar refractivity (Wildman–Crippen MR) is 160 cm³/mol. The highest BCUT2D eigenvalue weighted by Crippen LogP contribution is 2.39. The zero-order valence-corrected chi connectivity index (χ0v) is 25.6. The third-order valence-corrected chi connectivity index (χ3v) is 9.11. The molecule has 2 N–H and O–H groups in total. The number of rotatable bonds is 13. The topological polar surface area (TPSA) is 124 Å². The lowest BCUT2D eigenvalue weighted by atomic mass is 9.95. The number of nitrogens with one attached hydrogen (secondary N) is 2. The van der Waals surface area contributed by atoms with E-state index in [0.29, 0.717) is 39.4 Å². The van der Waals surface area contributed by atoms with Gasteiger partial charge in [0.1, 0.15) is 10.8 Å². The van der Waals surface area contributed by atoms with Gasteiger partial charge in [-0.2, -0.15) is 0 Å². The number of carbonyl (C=O) groups is 3.